The number of thioether (sulfide) groups is 1. The lowest BCUT2D eigenvalue weighted by Gasteiger charge is -2.01. The van der Waals surface area contributed by atoms with Crippen LogP contribution in [-0.2, 0) is 4.79 Å². The van der Waals surface area contributed by atoms with Gasteiger partial charge in [-0.15, -0.1) is 0 Å². The number of amidine groups is 1. The van der Waals surface area contributed by atoms with Crippen molar-refractivity contribution in [2.75, 3.05) is 0 Å². The van der Waals surface area contributed by atoms with E-state index in [1.807, 2.05) is 0 Å². The Morgan fingerprint density at radius 1 is 1.20 bits per heavy atom. The minimum Gasteiger partial charge on any atom is -0.507 e. The molecule has 2 aromatic carbocycles. The van der Waals surface area contributed by atoms with E-state index in [0.29, 0.717) is 10.5 Å². The van der Waals surface area contributed by atoms with E-state index < -0.39 is 5.97 Å². The molecule has 0 bridgehead atoms. The number of aromatic hydroxyl groups is 1. The number of carboxylic acid groups (broad SMARTS) is 1. The van der Waals surface area contributed by atoms with Crippen molar-refractivity contribution in [2.45, 2.75) is 0 Å². The molecule has 3 rings (SSSR count). The molecule has 6 nitrogen and oxygen atoms in total. The minimum atomic E-state index is -1.28. The maximum atomic E-state index is 12.9. The number of phenols is 1. The van der Waals surface area contributed by atoms with Crippen molar-refractivity contribution in [3.8, 4) is 5.75 Å². The highest BCUT2D eigenvalue weighted by atomic mass is 32.2. The lowest BCUT2D eigenvalue weighted by atomic mass is 10.2. The zero-order chi connectivity index (χ0) is 18.0. The summed E-state index contributed by atoms with van der Waals surface area (Å²) in [6.07, 6.45) is 1.60. The van der Waals surface area contributed by atoms with Crippen LogP contribution >= 0.6 is 11.8 Å². The molecule has 1 aliphatic rings. The molecule has 8 heteroatoms. The first-order valence-corrected chi connectivity index (χ1v) is 7.85. The fraction of sp³-hybridized carbons (Fsp3) is 0. The van der Waals surface area contributed by atoms with Gasteiger partial charge in [0.1, 0.15) is 17.1 Å². The van der Waals surface area contributed by atoms with Gasteiger partial charge in [-0.3, -0.25) is 4.79 Å². The summed E-state index contributed by atoms with van der Waals surface area (Å²) in [6, 6.07) is 9.54. The molecule has 0 atom stereocenters. The van der Waals surface area contributed by atoms with Crippen molar-refractivity contribution >= 4 is 40.6 Å². The third-order valence-corrected chi connectivity index (χ3v) is 4.17. The average molecular weight is 358 g/mol. The molecule has 126 valence electrons. The monoisotopic (exact) mass is 358 g/mol. The number of halogens is 1. The molecule has 1 saturated heterocycles. The van der Waals surface area contributed by atoms with Crippen molar-refractivity contribution in [3.63, 3.8) is 0 Å². The molecule has 1 amide bonds. The number of amides is 1. The van der Waals surface area contributed by atoms with Crippen molar-refractivity contribution in [1.82, 2.24) is 5.32 Å². The number of aliphatic imine (C=N–C) groups is 1. The second-order valence-electron chi connectivity index (χ2n) is 5.04. The highest BCUT2D eigenvalue weighted by Crippen LogP contribution is 2.29. The maximum Gasteiger partial charge on any atom is 0.339 e. The predicted molar refractivity (Wildman–Crippen MR) is 92.3 cm³/mol. The quantitative estimate of drug-likeness (QED) is 0.732. The highest BCUT2D eigenvalue weighted by Gasteiger charge is 2.24. The normalized spacial score (nSPS) is 17.1. The number of rotatable bonds is 3. The molecule has 0 aromatic heterocycles. The van der Waals surface area contributed by atoms with Gasteiger partial charge in [0.2, 0.25) is 0 Å². The number of carbonyl (C=O) groups excluding carboxylic acids is 1. The van der Waals surface area contributed by atoms with Crippen molar-refractivity contribution < 1.29 is 24.2 Å². The largest absolute Gasteiger partial charge is 0.507 e. The van der Waals surface area contributed by atoms with Crippen LogP contribution in [-0.4, -0.2) is 27.3 Å². The molecule has 1 heterocycles. The van der Waals surface area contributed by atoms with Gasteiger partial charge in [0, 0.05) is 0 Å². The molecular weight excluding hydrogens is 347 g/mol. The van der Waals surface area contributed by atoms with Crippen LogP contribution in [0.1, 0.15) is 15.9 Å². The summed E-state index contributed by atoms with van der Waals surface area (Å²) in [5.74, 6) is -2.36. The molecule has 1 fully saturated rings. The van der Waals surface area contributed by atoms with Crippen molar-refractivity contribution in [3.05, 3.63) is 64.3 Å². The van der Waals surface area contributed by atoms with Gasteiger partial charge >= 0.3 is 5.97 Å². The molecule has 3 N–H and O–H groups in total. The summed E-state index contributed by atoms with van der Waals surface area (Å²) in [5, 5.41) is 21.3. The molecule has 1 aliphatic heterocycles. The van der Waals surface area contributed by atoms with E-state index in [0.717, 1.165) is 11.8 Å². The standard InChI is InChI=1S/C17H11FN2O4S/c18-10-3-1-9(2-4-10)7-14-15(22)20-17(25-14)19-11-5-6-13(21)12(8-11)16(23)24/h1-8,21H,(H,23,24)(H,19,20,22)/b14-7-. The Morgan fingerprint density at radius 3 is 2.60 bits per heavy atom. The molecule has 25 heavy (non-hydrogen) atoms. The minimum absolute atomic E-state index is 0.278. The first kappa shape index (κ1) is 16.7. The molecule has 0 unspecified atom stereocenters. The van der Waals surface area contributed by atoms with Gasteiger partial charge in [0.25, 0.3) is 5.91 Å². The second kappa shape index (κ2) is 6.78. The Labute approximate surface area is 145 Å². The average Bonchev–Trinajstić information content (AvgIpc) is 2.90. The van der Waals surface area contributed by atoms with Gasteiger partial charge in [-0.25, -0.2) is 14.2 Å². The Kier molecular flexibility index (Phi) is 4.53. The molecule has 0 saturated carbocycles. The SMILES string of the molecule is O=C1NC(=Nc2ccc(O)c(C(=O)O)c2)S/C1=C\c1ccc(F)cc1. The Morgan fingerprint density at radius 2 is 1.92 bits per heavy atom. The van der Waals surface area contributed by atoms with Crippen molar-refractivity contribution in [2.24, 2.45) is 4.99 Å². The summed E-state index contributed by atoms with van der Waals surface area (Å²) >= 11 is 1.08. The Balaban J connectivity index is 1.85. The van der Waals surface area contributed by atoms with E-state index in [-0.39, 0.29) is 33.9 Å². The summed E-state index contributed by atoms with van der Waals surface area (Å²) in [4.78, 5) is 27.6. The number of hydrogen-bond acceptors (Lipinski definition) is 5. The topological polar surface area (TPSA) is 99.0 Å². The lowest BCUT2D eigenvalue weighted by Crippen LogP contribution is -2.19. The van der Waals surface area contributed by atoms with E-state index in [4.69, 9.17) is 5.11 Å². The van der Waals surface area contributed by atoms with Crippen LogP contribution in [0.3, 0.4) is 0 Å². The number of aromatic carboxylic acids is 1. The van der Waals surface area contributed by atoms with Gasteiger partial charge in [0.05, 0.1) is 10.6 Å². The number of nitrogens with one attached hydrogen (secondary N) is 1. The second-order valence-corrected chi connectivity index (χ2v) is 6.07. The summed E-state index contributed by atoms with van der Waals surface area (Å²) in [5.41, 5.74) is 0.664. The van der Waals surface area contributed by atoms with Crippen LogP contribution in [0, 0.1) is 5.82 Å². The molecule has 0 aliphatic carbocycles. The number of carboxylic acids is 1. The summed E-state index contributed by atoms with van der Waals surface area (Å²) < 4.78 is 12.9. The van der Waals surface area contributed by atoms with E-state index >= 15 is 0 Å². The zero-order valence-electron chi connectivity index (χ0n) is 12.6. The predicted octanol–water partition coefficient (Wildman–Crippen LogP) is 3.12. The highest BCUT2D eigenvalue weighted by molar-refractivity contribution is 8.18. The van der Waals surface area contributed by atoms with E-state index in [1.54, 1.807) is 18.2 Å². The van der Waals surface area contributed by atoms with Crippen LogP contribution in [0.25, 0.3) is 6.08 Å². The first-order chi connectivity index (χ1) is 11.9. The van der Waals surface area contributed by atoms with Crippen LogP contribution in [0.2, 0.25) is 0 Å². The van der Waals surface area contributed by atoms with Gasteiger partial charge in [-0.1, -0.05) is 12.1 Å². The van der Waals surface area contributed by atoms with Crippen LogP contribution in [0.5, 0.6) is 5.75 Å². The van der Waals surface area contributed by atoms with E-state index in [2.05, 4.69) is 10.3 Å². The first-order valence-electron chi connectivity index (χ1n) is 7.04. The van der Waals surface area contributed by atoms with Gasteiger partial charge in [0.15, 0.2) is 5.17 Å². The number of benzene rings is 2. The van der Waals surface area contributed by atoms with E-state index in [9.17, 15) is 19.1 Å². The number of nitrogens with zero attached hydrogens (tertiary/aromatic N) is 1. The number of carbonyl (C=O) groups is 2. The van der Waals surface area contributed by atoms with Gasteiger partial charge in [-0.2, -0.15) is 0 Å². The molecule has 0 spiro atoms. The molecule has 2 aromatic rings. The maximum absolute atomic E-state index is 12.9. The number of hydrogen-bond donors (Lipinski definition) is 3. The molecule has 0 radical (unpaired) electrons. The smallest absolute Gasteiger partial charge is 0.339 e. The summed E-state index contributed by atoms with van der Waals surface area (Å²) in [7, 11) is 0. The summed E-state index contributed by atoms with van der Waals surface area (Å²) in [6.45, 7) is 0. The van der Waals surface area contributed by atoms with Crippen LogP contribution < -0.4 is 5.32 Å². The third kappa shape index (κ3) is 3.86. The Hall–Kier alpha value is -3.13. The molecular formula is C17H11FN2O4S. The van der Waals surface area contributed by atoms with E-state index in [1.165, 1.54) is 30.3 Å². The van der Waals surface area contributed by atoms with Crippen molar-refractivity contribution in [1.29, 1.82) is 0 Å². The Bertz CT molecular complexity index is 923. The van der Waals surface area contributed by atoms with Gasteiger partial charge in [-0.05, 0) is 53.7 Å². The van der Waals surface area contributed by atoms with Gasteiger partial charge < -0.3 is 15.5 Å². The third-order valence-electron chi connectivity index (χ3n) is 3.26. The fourth-order valence-electron chi connectivity index (χ4n) is 2.07. The van der Waals surface area contributed by atoms with Crippen LogP contribution in [0.15, 0.2) is 52.4 Å². The zero-order valence-corrected chi connectivity index (χ0v) is 13.4. The fourth-order valence-corrected chi connectivity index (χ4v) is 2.91. The lowest BCUT2D eigenvalue weighted by molar-refractivity contribution is -0.115. The van der Waals surface area contributed by atoms with Crippen LogP contribution in [0.4, 0.5) is 10.1 Å².